The molecule has 1 aromatic heterocycles. The third-order valence-electron chi connectivity index (χ3n) is 3.67. The van der Waals surface area contributed by atoms with E-state index >= 15 is 0 Å². The van der Waals surface area contributed by atoms with Crippen molar-refractivity contribution in [1.29, 1.82) is 0 Å². The maximum atomic E-state index is 14.0. The summed E-state index contributed by atoms with van der Waals surface area (Å²) in [5, 5.41) is 2.90. The first-order valence-corrected chi connectivity index (χ1v) is 7.49. The quantitative estimate of drug-likeness (QED) is 0.876. The summed E-state index contributed by atoms with van der Waals surface area (Å²) < 4.78 is 32.9. The van der Waals surface area contributed by atoms with Gasteiger partial charge in [-0.2, -0.15) is 0 Å². The molecule has 0 spiro atoms. The fraction of sp³-hybridized carbons (Fsp3) is 0.667. The van der Waals surface area contributed by atoms with E-state index in [4.69, 9.17) is 4.74 Å². The van der Waals surface area contributed by atoms with Gasteiger partial charge in [0, 0.05) is 32.8 Å². The highest BCUT2D eigenvalue weighted by Crippen LogP contribution is 2.27. The van der Waals surface area contributed by atoms with Gasteiger partial charge in [-0.15, -0.1) is 0 Å². The van der Waals surface area contributed by atoms with E-state index in [9.17, 15) is 8.78 Å². The highest BCUT2D eigenvalue weighted by molar-refractivity contribution is 5.49. The van der Waals surface area contributed by atoms with Crippen molar-refractivity contribution in [3.05, 3.63) is 17.7 Å². The summed E-state index contributed by atoms with van der Waals surface area (Å²) in [6.07, 6.45) is 2.88. The predicted octanol–water partition coefficient (Wildman–Crippen LogP) is 3.04. The molecule has 118 valence electrons. The van der Waals surface area contributed by atoms with Crippen LogP contribution in [0.2, 0.25) is 0 Å². The Bertz CT molecular complexity index is 468. The highest BCUT2D eigenvalue weighted by Gasteiger charge is 2.24. The average Bonchev–Trinajstić information content (AvgIpc) is 2.47. The molecule has 0 bridgehead atoms. The molecule has 1 unspecified atom stereocenters. The van der Waals surface area contributed by atoms with E-state index in [2.05, 4.69) is 10.3 Å². The third-order valence-corrected chi connectivity index (χ3v) is 3.67. The van der Waals surface area contributed by atoms with Gasteiger partial charge in [-0.3, -0.25) is 0 Å². The summed E-state index contributed by atoms with van der Waals surface area (Å²) in [7, 11) is 1.67. The van der Waals surface area contributed by atoms with Gasteiger partial charge in [0.1, 0.15) is 0 Å². The number of aromatic nitrogens is 1. The minimum Gasteiger partial charge on any atom is -0.384 e. The molecule has 4 nitrogen and oxygen atoms in total. The number of methoxy groups -OCH3 is 1. The molecule has 0 aromatic carbocycles. The molecule has 1 aliphatic heterocycles. The number of hydrogen-bond acceptors (Lipinski definition) is 4. The molecule has 0 aliphatic carbocycles. The SMILES string of the molecule is CCCNc1nc(N2CCCC(COC)C2)c(F)cc1F. The van der Waals surface area contributed by atoms with Crippen LogP contribution in [0.5, 0.6) is 0 Å². The fourth-order valence-corrected chi connectivity index (χ4v) is 2.68. The molecule has 1 aliphatic rings. The number of piperidine rings is 1. The summed E-state index contributed by atoms with van der Waals surface area (Å²) in [6.45, 7) is 4.68. The minimum atomic E-state index is -0.643. The first-order valence-electron chi connectivity index (χ1n) is 7.49. The van der Waals surface area contributed by atoms with Gasteiger partial charge in [0.25, 0.3) is 0 Å². The van der Waals surface area contributed by atoms with Crippen LogP contribution >= 0.6 is 0 Å². The van der Waals surface area contributed by atoms with Crippen molar-refractivity contribution in [1.82, 2.24) is 4.98 Å². The lowest BCUT2D eigenvalue weighted by atomic mass is 9.99. The molecule has 1 N–H and O–H groups in total. The number of rotatable bonds is 6. The Morgan fingerprint density at radius 2 is 2.24 bits per heavy atom. The highest BCUT2D eigenvalue weighted by atomic mass is 19.1. The van der Waals surface area contributed by atoms with Crippen molar-refractivity contribution in [3.8, 4) is 0 Å². The number of halogens is 2. The lowest BCUT2D eigenvalue weighted by Crippen LogP contribution is -2.38. The number of nitrogens with one attached hydrogen (secondary N) is 1. The number of ether oxygens (including phenoxy) is 1. The number of nitrogens with zero attached hydrogens (tertiary/aromatic N) is 2. The first-order chi connectivity index (χ1) is 10.2. The van der Waals surface area contributed by atoms with Crippen molar-refractivity contribution in [2.75, 3.05) is 43.6 Å². The molecule has 6 heteroatoms. The molecule has 1 aromatic rings. The molecule has 1 fully saturated rings. The first kappa shape index (κ1) is 15.9. The van der Waals surface area contributed by atoms with Crippen LogP contribution in [-0.4, -0.2) is 38.3 Å². The second-order valence-electron chi connectivity index (χ2n) is 5.46. The van der Waals surface area contributed by atoms with Crippen LogP contribution in [0.15, 0.2) is 6.07 Å². The number of pyridine rings is 1. The Morgan fingerprint density at radius 1 is 1.43 bits per heavy atom. The number of hydrogen-bond donors (Lipinski definition) is 1. The normalized spacial score (nSPS) is 18.9. The van der Waals surface area contributed by atoms with Crippen molar-refractivity contribution in [3.63, 3.8) is 0 Å². The van der Waals surface area contributed by atoms with Crippen molar-refractivity contribution >= 4 is 11.6 Å². The van der Waals surface area contributed by atoms with Crippen LogP contribution in [0.3, 0.4) is 0 Å². The van der Waals surface area contributed by atoms with E-state index in [0.717, 1.165) is 31.9 Å². The summed E-state index contributed by atoms with van der Waals surface area (Å²) >= 11 is 0. The molecule has 2 rings (SSSR count). The minimum absolute atomic E-state index is 0.127. The Hall–Kier alpha value is -1.43. The van der Waals surface area contributed by atoms with E-state index in [-0.39, 0.29) is 11.6 Å². The second-order valence-corrected chi connectivity index (χ2v) is 5.46. The average molecular weight is 299 g/mol. The zero-order chi connectivity index (χ0) is 15.2. The molecule has 2 heterocycles. The molecular formula is C15H23F2N3O. The zero-order valence-electron chi connectivity index (χ0n) is 12.7. The maximum absolute atomic E-state index is 14.0. The van der Waals surface area contributed by atoms with Gasteiger partial charge in [0.05, 0.1) is 6.61 Å². The van der Waals surface area contributed by atoms with Gasteiger partial charge in [-0.05, 0) is 25.2 Å². The largest absolute Gasteiger partial charge is 0.384 e. The van der Waals surface area contributed by atoms with Gasteiger partial charge in [0.2, 0.25) is 0 Å². The maximum Gasteiger partial charge on any atom is 0.168 e. The Kier molecular flexibility index (Phi) is 5.73. The van der Waals surface area contributed by atoms with Crippen LogP contribution in [0, 0.1) is 17.6 Å². The Morgan fingerprint density at radius 3 is 2.95 bits per heavy atom. The second kappa shape index (κ2) is 7.54. The standard InChI is InChI=1S/C15H23F2N3O/c1-3-6-18-14-12(16)8-13(17)15(19-14)20-7-4-5-11(9-20)10-21-2/h8,11H,3-7,9-10H2,1-2H3,(H,18,19). The fourth-order valence-electron chi connectivity index (χ4n) is 2.68. The summed E-state index contributed by atoms with van der Waals surface area (Å²) in [5.41, 5.74) is 0. The molecule has 21 heavy (non-hydrogen) atoms. The van der Waals surface area contributed by atoms with E-state index in [0.29, 0.717) is 25.6 Å². The monoisotopic (exact) mass is 299 g/mol. The molecular weight excluding hydrogens is 276 g/mol. The van der Waals surface area contributed by atoms with Crippen LogP contribution in [-0.2, 0) is 4.74 Å². The van der Waals surface area contributed by atoms with Gasteiger partial charge in [-0.1, -0.05) is 6.92 Å². The predicted molar refractivity (Wildman–Crippen MR) is 79.7 cm³/mol. The van der Waals surface area contributed by atoms with Crippen molar-refractivity contribution < 1.29 is 13.5 Å². The van der Waals surface area contributed by atoms with Gasteiger partial charge in [-0.25, -0.2) is 13.8 Å². The zero-order valence-corrected chi connectivity index (χ0v) is 12.7. The van der Waals surface area contributed by atoms with Crippen molar-refractivity contribution in [2.24, 2.45) is 5.92 Å². The number of anilines is 2. The van der Waals surface area contributed by atoms with Gasteiger partial charge in [0.15, 0.2) is 23.3 Å². The summed E-state index contributed by atoms with van der Waals surface area (Å²) in [4.78, 5) is 6.04. The lowest BCUT2D eigenvalue weighted by Gasteiger charge is -2.33. The van der Waals surface area contributed by atoms with Crippen LogP contribution in [0.1, 0.15) is 26.2 Å². The Balaban J connectivity index is 2.17. The van der Waals surface area contributed by atoms with E-state index in [1.807, 2.05) is 11.8 Å². The van der Waals surface area contributed by atoms with Gasteiger partial charge >= 0.3 is 0 Å². The lowest BCUT2D eigenvalue weighted by molar-refractivity contribution is 0.143. The topological polar surface area (TPSA) is 37.4 Å². The Labute approximate surface area is 124 Å². The molecule has 0 saturated carbocycles. The third kappa shape index (κ3) is 4.03. The van der Waals surface area contributed by atoms with Crippen LogP contribution in [0.25, 0.3) is 0 Å². The summed E-state index contributed by atoms with van der Waals surface area (Å²) in [5.74, 6) is -0.525. The summed E-state index contributed by atoms with van der Waals surface area (Å²) in [6, 6.07) is 0.917. The van der Waals surface area contributed by atoms with E-state index in [1.54, 1.807) is 7.11 Å². The van der Waals surface area contributed by atoms with E-state index < -0.39 is 11.6 Å². The molecule has 1 atom stereocenters. The molecule has 1 saturated heterocycles. The molecule has 0 amide bonds. The van der Waals surface area contributed by atoms with Crippen LogP contribution < -0.4 is 10.2 Å². The van der Waals surface area contributed by atoms with Gasteiger partial charge < -0.3 is 15.0 Å². The smallest absolute Gasteiger partial charge is 0.168 e. The van der Waals surface area contributed by atoms with E-state index in [1.165, 1.54) is 0 Å². The van der Waals surface area contributed by atoms with Crippen LogP contribution in [0.4, 0.5) is 20.4 Å². The van der Waals surface area contributed by atoms with Crippen molar-refractivity contribution in [2.45, 2.75) is 26.2 Å². The molecule has 0 radical (unpaired) electrons.